The van der Waals surface area contributed by atoms with Crippen LogP contribution in [0.25, 0.3) is 0 Å². The van der Waals surface area contributed by atoms with Crippen LogP contribution in [0.1, 0.15) is 48.2 Å². The molecule has 2 aromatic rings. The summed E-state index contributed by atoms with van der Waals surface area (Å²) in [5, 5.41) is 2.91. The summed E-state index contributed by atoms with van der Waals surface area (Å²) < 4.78 is 5.45. The highest BCUT2D eigenvalue weighted by Gasteiger charge is 2.23. The van der Waals surface area contributed by atoms with Crippen LogP contribution >= 0.6 is 11.8 Å². The van der Waals surface area contributed by atoms with Crippen molar-refractivity contribution in [2.45, 2.75) is 44.6 Å². The molecule has 0 aliphatic rings. The second kappa shape index (κ2) is 11.0. The van der Waals surface area contributed by atoms with Crippen LogP contribution in [-0.2, 0) is 14.3 Å². The van der Waals surface area contributed by atoms with E-state index in [9.17, 15) is 14.4 Å². The van der Waals surface area contributed by atoms with Gasteiger partial charge >= 0.3 is 5.97 Å². The van der Waals surface area contributed by atoms with Crippen molar-refractivity contribution in [2.75, 3.05) is 25.2 Å². The molecule has 2 rings (SSSR count). The third-order valence-corrected chi connectivity index (χ3v) is 5.84. The summed E-state index contributed by atoms with van der Waals surface area (Å²) in [5.74, 6) is -0.602. The Kier molecular flexibility index (Phi) is 8.68. The first-order valence-corrected chi connectivity index (χ1v) is 11.1. The highest BCUT2D eigenvalue weighted by molar-refractivity contribution is 8.00. The lowest BCUT2D eigenvalue weighted by Gasteiger charge is -2.19. The SMILES string of the molecule is Cc1cccc(C(C)C)c1NC(=O)C(C)OC(=O)c1ccccc1SCC(=O)N(C)C. The summed E-state index contributed by atoms with van der Waals surface area (Å²) in [6, 6.07) is 12.8. The highest BCUT2D eigenvalue weighted by atomic mass is 32.2. The Morgan fingerprint density at radius 1 is 1.03 bits per heavy atom. The van der Waals surface area contributed by atoms with Gasteiger partial charge in [-0.2, -0.15) is 0 Å². The topological polar surface area (TPSA) is 75.7 Å². The first-order chi connectivity index (χ1) is 14.6. The van der Waals surface area contributed by atoms with E-state index in [-0.39, 0.29) is 17.6 Å². The molecule has 0 bridgehead atoms. The Bertz CT molecular complexity index is 956. The molecule has 0 spiro atoms. The van der Waals surface area contributed by atoms with Gasteiger partial charge in [0, 0.05) is 24.7 Å². The molecule has 0 radical (unpaired) electrons. The molecule has 0 aliphatic heterocycles. The Balaban J connectivity index is 2.10. The predicted octanol–water partition coefficient (Wildman–Crippen LogP) is 4.48. The first-order valence-electron chi connectivity index (χ1n) is 10.1. The predicted molar refractivity (Wildman–Crippen MR) is 125 cm³/mol. The molecule has 1 N–H and O–H groups in total. The molecule has 2 aromatic carbocycles. The van der Waals surface area contributed by atoms with E-state index in [1.165, 1.54) is 16.7 Å². The molecule has 0 heterocycles. The van der Waals surface area contributed by atoms with Crippen LogP contribution in [-0.4, -0.2) is 48.6 Å². The number of carbonyl (C=O) groups is 3. The van der Waals surface area contributed by atoms with E-state index in [1.54, 1.807) is 45.3 Å². The fraction of sp³-hybridized carbons (Fsp3) is 0.375. The van der Waals surface area contributed by atoms with Gasteiger partial charge in [-0.1, -0.05) is 44.2 Å². The van der Waals surface area contributed by atoms with Gasteiger partial charge in [-0.15, -0.1) is 11.8 Å². The van der Waals surface area contributed by atoms with E-state index in [0.717, 1.165) is 16.8 Å². The van der Waals surface area contributed by atoms with Crippen LogP contribution in [0.2, 0.25) is 0 Å². The minimum absolute atomic E-state index is 0.0555. The number of amides is 2. The van der Waals surface area contributed by atoms with Crippen LogP contribution in [0.3, 0.4) is 0 Å². The van der Waals surface area contributed by atoms with Gasteiger partial charge in [0.2, 0.25) is 5.91 Å². The van der Waals surface area contributed by atoms with E-state index in [1.807, 2.05) is 25.1 Å². The van der Waals surface area contributed by atoms with Crippen molar-refractivity contribution in [1.29, 1.82) is 0 Å². The minimum Gasteiger partial charge on any atom is -0.449 e. The normalized spacial score (nSPS) is 11.7. The number of para-hydroxylation sites is 1. The molecular weight excluding hydrogens is 412 g/mol. The van der Waals surface area contributed by atoms with E-state index in [4.69, 9.17) is 4.74 Å². The molecule has 0 fully saturated rings. The van der Waals surface area contributed by atoms with E-state index in [0.29, 0.717) is 10.5 Å². The van der Waals surface area contributed by atoms with Crippen LogP contribution in [0.5, 0.6) is 0 Å². The Morgan fingerprint density at radius 3 is 2.35 bits per heavy atom. The van der Waals surface area contributed by atoms with Crippen molar-refractivity contribution in [1.82, 2.24) is 4.90 Å². The summed E-state index contributed by atoms with van der Waals surface area (Å²) in [6.07, 6.45) is -0.978. The molecule has 0 saturated heterocycles. The molecular formula is C24H30N2O4S. The maximum atomic E-state index is 12.7. The molecule has 1 unspecified atom stereocenters. The highest BCUT2D eigenvalue weighted by Crippen LogP contribution is 2.28. The Labute approximate surface area is 188 Å². The number of rotatable bonds is 8. The van der Waals surface area contributed by atoms with Crippen molar-refractivity contribution >= 4 is 35.2 Å². The first kappa shape index (κ1) is 24.5. The van der Waals surface area contributed by atoms with Gasteiger partial charge in [-0.3, -0.25) is 9.59 Å². The van der Waals surface area contributed by atoms with Crippen molar-refractivity contribution in [2.24, 2.45) is 0 Å². The van der Waals surface area contributed by atoms with Gasteiger partial charge in [-0.25, -0.2) is 4.79 Å². The fourth-order valence-corrected chi connectivity index (χ4v) is 3.89. The lowest BCUT2D eigenvalue weighted by Crippen LogP contribution is -2.31. The molecule has 0 saturated carbocycles. The number of benzene rings is 2. The monoisotopic (exact) mass is 442 g/mol. The summed E-state index contributed by atoms with van der Waals surface area (Å²) in [5.41, 5.74) is 3.06. The summed E-state index contributed by atoms with van der Waals surface area (Å²) in [6.45, 7) is 7.60. The molecule has 7 heteroatoms. The van der Waals surface area contributed by atoms with Crippen LogP contribution < -0.4 is 5.32 Å². The van der Waals surface area contributed by atoms with Crippen molar-refractivity contribution in [3.8, 4) is 0 Å². The summed E-state index contributed by atoms with van der Waals surface area (Å²) in [7, 11) is 3.37. The smallest absolute Gasteiger partial charge is 0.340 e. The molecule has 1 atom stereocenters. The third-order valence-electron chi connectivity index (χ3n) is 4.79. The Hall–Kier alpha value is -2.80. The van der Waals surface area contributed by atoms with Gasteiger partial charge in [0.25, 0.3) is 5.91 Å². The number of anilines is 1. The molecule has 31 heavy (non-hydrogen) atoms. The summed E-state index contributed by atoms with van der Waals surface area (Å²) in [4.78, 5) is 39.5. The van der Waals surface area contributed by atoms with Gasteiger partial charge in [0.05, 0.1) is 11.3 Å². The number of thioether (sulfide) groups is 1. The van der Waals surface area contributed by atoms with Gasteiger partial charge < -0.3 is 15.0 Å². The maximum Gasteiger partial charge on any atom is 0.340 e. The third kappa shape index (κ3) is 6.59. The average molecular weight is 443 g/mol. The lowest BCUT2D eigenvalue weighted by atomic mass is 9.98. The zero-order chi connectivity index (χ0) is 23.1. The van der Waals surface area contributed by atoms with Crippen molar-refractivity contribution < 1.29 is 19.1 Å². The van der Waals surface area contributed by atoms with E-state index in [2.05, 4.69) is 19.2 Å². The van der Waals surface area contributed by atoms with E-state index < -0.39 is 18.0 Å². The van der Waals surface area contributed by atoms with Crippen molar-refractivity contribution in [3.05, 3.63) is 59.2 Å². The second-order valence-corrected chi connectivity index (χ2v) is 8.82. The molecule has 166 valence electrons. The average Bonchev–Trinajstić information content (AvgIpc) is 2.73. The van der Waals surface area contributed by atoms with Crippen LogP contribution in [0, 0.1) is 6.92 Å². The van der Waals surface area contributed by atoms with E-state index >= 15 is 0 Å². The number of hydrogen-bond acceptors (Lipinski definition) is 5. The van der Waals surface area contributed by atoms with Gasteiger partial charge in [-0.05, 0) is 43.0 Å². The number of nitrogens with zero attached hydrogens (tertiary/aromatic N) is 1. The number of carbonyl (C=O) groups excluding carboxylic acids is 3. The van der Waals surface area contributed by atoms with Crippen LogP contribution in [0.15, 0.2) is 47.4 Å². The largest absolute Gasteiger partial charge is 0.449 e. The number of hydrogen-bond donors (Lipinski definition) is 1. The zero-order valence-corrected chi connectivity index (χ0v) is 19.7. The number of esters is 1. The number of nitrogens with one attached hydrogen (secondary N) is 1. The molecule has 0 aromatic heterocycles. The second-order valence-electron chi connectivity index (χ2n) is 7.80. The molecule has 0 aliphatic carbocycles. The zero-order valence-electron chi connectivity index (χ0n) is 18.9. The Morgan fingerprint density at radius 2 is 1.71 bits per heavy atom. The number of ether oxygens (including phenoxy) is 1. The fourth-order valence-electron chi connectivity index (χ4n) is 2.87. The summed E-state index contributed by atoms with van der Waals surface area (Å²) >= 11 is 1.26. The quantitative estimate of drug-likeness (QED) is 0.482. The molecule has 6 nitrogen and oxygen atoms in total. The van der Waals surface area contributed by atoms with Gasteiger partial charge in [0.1, 0.15) is 0 Å². The number of aryl methyl sites for hydroxylation is 1. The standard InChI is InChI=1S/C24H30N2O4S/c1-15(2)18-12-9-10-16(3)22(18)25-23(28)17(4)30-24(29)19-11-7-8-13-20(19)31-14-21(27)26(5)6/h7-13,15,17H,14H2,1-6H3,(H,25,28). The van der Waals surface area contributed by atoms with Crippen LogP contribution in [0.4, 0.5) is 5.69 Å². The van der Waals surface area contributed by atoms with Gasteiger partial charge in [0.15, 0.2) is 6.10 Å². The van der Waals surface area contributed by atoms with Crippen molar-refractivity contribution in [3.63, 3.8) is 0 Å². The maximum absolute atomic E-state index is 12.7. The molecule has 2 amide bonds. The minimum atomic E-state index is -0.978. The lowest BCUT2D eigenvalue weighted by molar-refractivity contribution is -0.126.